The summed E-state index contributed by atoms with van der Waals surface area (Å²) in [5.74, 6) is -0.0153. The Morgan fingerprint density at radius 1 is 1.12 bits per heavy atom. The van der Waals surface area contributed by atoms with Crippen molar-refractivity contribution in [3.8, 4) is 17.6 Å². The van der Waals surface area contributed by atoms with Gasteiger partial charge in [-0.25, -0.2) is 4.98 Å². The molecule has 4 aromatic rings. The van der Waals surface area contributed by atoms with Crippen molar-refractivity contribution in [2.45, 2.75) is 4.90 Å². The van der Waals surface area contributed by atoms with Crippen LogP contribution in [0.1, 0.15) is 10.6 Å². The molecule has 0 aliphatic rings. The smallest absolute Gasteiger partial charge is 0.339 e. The van der Waals surface area contributed by atoms with Crippen molar-refractivity contribution in [2.24, 2.45) is 0 Å². The van der Waals surface area contributed by atoms with Gasteiger partial charge < -0.3 is 8.92 Å². The first-order valence-corrected chi connectivity index (χ1v) is 11.9. The summed E-state index contributed by atoms with van der Waals surface area (Å²) in [5.41, 5.74) is 1.68. The van der Waals surface area contributed by atoms with Crippen LogP contribution in [-0.4, -0.2) is 20.5 Å². The molecule has 0 saturated heterocycles. The van der Waals surface area contributed by atoms with E-state index in [2.05, 4.69) is 11.1 Å². The lowest BCUT2D eigenvalue weighted by Crippen LogP contribution is -2.10. The Hall–Kier alpha value is -3.38. The summed E-state index contributed by atoms with van der Waals surface area (Å²) >= 11 is 7.75. The topological polar surface area (TPSA) is 89.3 Å². The molecule has 0 N–H and O–H groups in total. The van der Waals surface area contributed by atoms with Crippen LogP contribution < -0.4 is 8.92 Å². The molecule has 0 atom stereocenters. The summed E-state index contributed by atoms with van der Waals surface area (Å²) in [4.78, 5) is 4.49. The van der Waals surface area contributed by atoms with E-state index in [1.807, 2.05) is 24.3 Å². The van der Waals surface area contributed by atoms with E-state index in [9.17, 15) is 13.7 Å². The molecule has 0 unspecified atom stereocenters. The lowest BCUT2D eigenvalue weighted by atomic mass is 10.1. The van der Waals surface area contributed by atoms with E-state index in [4.69, 9.17) is 20.5 Å². The van der Waals surface area contributed by atoms with E-state index >= 15 is 0 Å². The van der Waals surface area contributed by atoms with Crippen LogP contribution in [0.15, 0.2) is 71.6 Å². The van der Waals surface area contributed by atoms with Gasteiger partial charge in [-0.05, 0) is 48.0 Å². The number of methoxy groups -OCH3 is 1. The van der Waals surface area contributed by atoms with Crippen LogP contribution in [0.5, 0.6) is 11.5 Å². The minimum absolute atomic E-state index is 0.00954. The molecule has 0 radical (unpaired) electrons. The summed E-state index contributed by atoms with van der Waals surface area (Å²) < 4.78 is 36.8. The molecule has 6 nitrogen and oxygen atoms in total. The number of nitrogens with zero attached hydrogens (tertiary/aromatic N) is 2. The Kier molecular flexibility index (Phi) is 6.15. The Balaban J connectivity index is 1.72. The summed E-state index contributed by atoms with van der Waals surface area (Å²) in [6.07, 6.45) is 1.61. The molecule has 0 spiro atoms. The second-order valence-corrected chi connectivity index (χ2v) is 9.53. The lowest BCUT2D eigenvalue weighted by Gasteiger charge is -2.13. The van der Waals surface area contributed by atoms with E-state index < -0.39 is 10.1 Å². The van der Waals surface area contributed by atoms with Gasteiger partial charge in [-0.2, -0.15) is 13.7 Å². The van der Waals surface area contributed by atoms with Crippen molar-refractivity contribution in [1.29, 1.82) is 5.26 Å². The van der Waals surface area contributed by atoms with E-state index in [0.717, 1.165) is 10.2 Å². The molecule has 0 amide bonds. The third kappa shape index (κ3) is 4.46. The Bertz CT molecular complexity index is 1440. The normalized spacial score (nSPS) is 11.8. The van der Waals surface area contributed by atoms with Crippen molar-refractivity contribution in [1.82, 2.24) is 4.98 Å². The zero-order valence-electron chi connectivity index (χ0n) is 16.7. The van der Waals surface area contributed by atoms with Crippen LogP contribution in [0.4, 0.5) is 0 Å². The predicted molar refractivity (Wildman–Crippen MR) is 125 cm³/mol. The van der Waals surface area contributed by atoms with Gasteiger partial charge in [0.25, 0.3) is 0 Å². The number of ether oxygens (including phenoxy) is 1. The maximum absolute atomic E-state index is 12.6. The molecule has 1 aromatic heterocycles. The maximum atomic E-state index is 12.6. The van der Waals surface area contributed by atoms with Gasteiger partial charge in [0.15, 0.2) is 5.75 Å². The fourth-order valence-electron chi connectivity index (χ4n) is 2.94. The second-order valence-electron chi connectivity index (χ2n) is 6.54. The van der Waals surface area contributed by atoms with Crippen LogP contribution in [0, 0.1) is 11.3 Å². The fourth-order valence-corrected chi connectivity index (χ4v) is 5.16. The molecule has 0 saturated carbocycles. The number of halogens is 1. The van der Waals surface area contributed by atoms with Crippen molar-refractivity contribution in [3.05, 3.63) is 82.3 Å². The third-order valence-corrected chi connectivity index (χ3v) is 7.02. The molecule has 0 aliphatic carbocycles. The average Bonchev–Trinajstić information content (AvgIpc) is 3.23. The van der Waals surface area contributed by atoms with Gasteiger partial charge >= 0.3 is 10.1 Å². The summed E-state index contributed by atoms with van der Waals surface area (Å²) in [5, 5.41) is 10.3. The molecule has 0 fully saturated rings. The van der Waals surface area contributed by atoms with Gasteiger partial charge in [0.05, 0.1) is 27.9 Å². The minimum Gasteiger partial charge on any atom is -0.493 e. The van der Waals surface area contributed by atoms with Crippen LogP contribution in [0.2, 0.25) is 5.02 Å². The number of fused-ring (bicyclic) bond motifs is 1. The highest BCUT2D eigenvalue weighted by Crippen LogP contribution is 2.39. The number of para-hydroxylation sites is 1. The Labute approximate surface area is 194 Å². The number of benzene rings is 3. The monoisotopic (exact) mass is 482 g/mol. The summed E-state index contributed by atoms with van der Waals surface area (Å²) in [7, 11) is -2.73. The number of rotatable bonds is 6. The van der Waals surface area contributed by atoms with E-state index in [-0.39, 0.29) is 21.4 Å². The van der Waals surface area contributed by atoms with Gasteiger partial charge in [0.2, 0.25) is 5.75 Å². The molecule has 0 bridgehead atoms. The Morgan fingerprint density at radius 2 is 1.84 bits per heavy atom. The summed E-state index contributed by atoms with van der Waals surface area (Å²) in [6.45, 7) is 0. The van der Waals surface area contributed by atoms with E-state index in [1.54, 1.807) is 30.3 Å². The molecule has 0 aliphatic heterocycles. The number of thiazole rings is 1. The van der Waals surface area contributed by atoms with Crippen LogP contribution in [0.3, 0.4) is 0 Å². The zero-order valence-corrected chi connectivity index (χ0v) is 19.0. The third-order valence-electron chi connectivity index (χ3n) is 4.43. The minimum atomic E-state index is -4.11. The molecule has 4 rings (SSSR count). The average molecular weight is 483 g/mol. The highest BCUT2D eigenvalue weighted by molar-refractivity contribution is 7.87. The molecule has 9 heteroatoms. The first kappa shape index (κ1) is 21.8. The first-order chi connectivity index (χ1) is 15.4. The molecule has 1 heterocycles. The van der Waals surface area contributed by atoms with Crippen LogP contribution >= 0.6 is 22.9 Å². The van der Waals surface area contributed by atoms with Gasteiger partial charge in [0.1, 0.15) is 16.0 Å². The van der Waals surface area contributed by atoms with Gasteiger partial charge in [0, 0.05) is 0 Å². The van der Waals surface area contributed by atoms with Crippen LogP contribution in [0.25, 0.3) is 21.9 Å². The molecule has 160 valence electrons. The van der Waals surface area contributed by atoms with Gasteiger partial charge in [-0.15, -0.1) is 11.3 Å². The molecular weight excluding hydrogens is 468 g/mol. The highest BCUT2D eigenvalue weighted by atomic mass is 35.5. The second kappa shape index (κ2) is 9.01. The first-order valence-electron chi connectivity index (χ1n) is 9.26. The van der Waals surface area contributed by atoms with E-state index in [0.29, 0.717) is 16.1 Å². The van der Waals surface area contributed by atoms with Gasteiger partial charge in [-0.3, -0.25) is 0 Å². The lowest BCUT2D eigenvalue weighted by molar-refractivity contribution is 0.390. The van der Waals surface area contributed by atoms with Crippen molar-refractivity contribution < 1.29 is 17.3 Å². The van der Waals surface area contributed by atoms with Crippen molar-refractivity contribution in [2.75, 3.05) is 7.11 Å². The van der Waals surface area contributed by atoms with Crippen molar-refractivity contribution in [3.63, 3.8) is 0 Å². The maximum Gasteiger partial charge on any atom is 0.339 e. The summed E-state index contributed by atoms with van der Waals surface area (Å²) in [6, 6.07) is 20.5. The fraction of sp³-hybridized carbons (Fsp3) is 0.0435. The SMILES string of the molecule is COc1cc(/C=C(/C#N)c2nc3ccccc3s2)cc(Cl)c1OS(=O)(=O)c1ccccc1. The highest BCUT2D eigenvalue weighted by Gasteiger charge is 2.22. The number of nitriles is 1. The number of aromatic nitrogens is 1. The van der Waals surface area contributed by atoms with Crippen LogP contribution in [-0.2, 0) is 10.1 Å². The predicted octanol–water partition coefficient (Wildman–Crippen LogP) is 5.79. The largest absolute Gasteiger partial charge is 0.493 e. The number of allylic oxidation sites excluding steroid dienone is 1. The number of hydrogen-bond donors (Lipinski definition) is 0. The van der Waals surface area contributed by atoms with Crippen molar-refractivity contribution >= 4 is 54.9 Å². The number of hydrogen-bond acceptors (Lipinski definition) is 7. The molecular formula is C23H15ClN2O4S2. The van der Waals surface area contributed by atoms with E-state index in [1.165, 1.54) is 36.6 Å². The zero-order chi connectivity index (χ0) is 22.7. The standard InChI is InChI=1S/C23H15ClN2O4S2/c1-29-20-13-15(11-16(14-25)23-26-19-9-5-6-10-21(19)31-23)12-18(24)22(20)30-32(27,28)17-7-3-2-4-8-17/h2-13H,1H3/b16-11-. The van der Waals surface area contributed by atoms with Gasteiger partial charge in [-0.1, -0.05) is 41.9 Å². The quantitative estimate of drug-likeness (QED) is 0.255. The molecule has 32 heavy (non-hydrogen) atoms. The Morgan fingerprint density at radius 3 is 2.53 bits per heavy atom. The molecule has 3 aromatic carbocycles.